The minimum absolute atomic E-state index is 0. The molecule has 2 aliphatic carbocycles. The van der Waals surface area contributed by atoms with E-state index >= 15 is 0 Å². The topological polar surface area (TPSA) is 351 Å². The molecule has 2 saturated carbocycles. The average Bonchev–Trinajstić information content (AvgIpc) is 0.779. The maximum atomic E-state index is 12.9. The SMILES string of the molecule is Br.Br.Br.Br.Br.CC(C)C(=O)OC(=O)C(C)C.CC(C)C(=O)O[C@H](CC(=O)NC1(C)CC(C)(C)CC(C)(C)C1)C[N+](C)(C)C.CC(C)C(=O)O[C@H](CC(=O)O)C[N+](C)(C)C.CC(C)C(=O)O[C@H](CC(=O)O)C[N+](C)(C)C.CC(C)C(=O)O[C@H](CC(=O)OCc1ccccc1)C[N+](C)(C)C.CC1(C)CC(C)(C)CC(C)(N)C1.C[N+](C)(C)C[C@H](O)CC(=O)OCc1ccccc1. The molecule has 4 rings (SSSR count). The second-order valence-electron chi connectivity index (χ2n) is 44.5. The third kappa shape index (κ3) is 76.4. The maximum absolute atomic E-state index is 12.9. The molecule has 2 aromatic rings. The fourth-order valence-corrected chi connectivity index (χ4v) is 15.6. The van der Waals surface area contributed by atoms with Crippen LogP contribution < -0.4 is 11.1 Å². The number of carbonyl (C=O) groups is 11. The van der Waals surface area contributed by atoms with Crippen molar-refractivity contribution in [2.75, 3.05) is 138 Å². The summed E-state index contributed by atoms with van der Waals surface area (Å²) in [5, 5.41) is 30.5. The number of carboxylic acids is 2. The Morgan fingerprint density at radius 1 is 0.344 bits per heavy atom. The minimum Gasteiger partial charge on any atom is -0.481 e. The van der Waals surface area contributed by atoms with Crippen molar-refractivity contribution < 1.29 is 124 Å². The third-order valence-corrected chi connectivity index (χ3v) is 18.3. The smallest absolute Gasteiger partial charge is 0.316 e. The molecule has 28 nitrogen and oxygen atoms in total. The summed E-state index contributed by atoms with van der Waals surface area (Å²) in [5.41, 5.74) is 9.15. The first-order valence-corrected chi connectivity index (χ1v) is 43.5. The summed E-state index contributed by atoms with van der Waals surface area (Å²) >= 11 is 0. The highest BCUT2D eigenvalue weighted by molar-refractivity contribution is 8.93. The van der Waals surface area contributed by atoms with Gasteiger partial charge in [0, 0.05) is 11.1 Å². The number of aliphatic carboxylic acids is 2. The van der Waals surface area contributed by atoms with Gasteiger partial charge < -0.3 is 81.9 Å². The third-order valence-electron chi connectivity index (χ3n) is 18.3. The zero-order valence-electron chi connectivity index (χ0n) is 85.4. The Labute approximate surface area is 824 Å². The van der Waals surface area contributed by atoms with E-state index in [2.05, 4.69) is 79.3 Å². The lowest BCUT2D eigenvalue weighted by molar-refractivity contribution is -0.873. The molecule has 6 N–H and O–H groups in total. The molecule has 5 atom stereocenters. The van der Waals surface area contributed by atoms with Crippen LogP contribution in [0.3, 0.4) is 0 Å². The molecule has 0 aromatic heterocycles. The summed E-state index contributed by atoms with van der Waals surface area (Å²) in [6, 6.07) is 19.0. The number of halogens is 5. The number of amides is 1. The van der Waals surface area contributed by atoms with Crippen LogP contribution in [0.4, 0.5) is 0 Å². The van der Waals surface area contributed by atoms with Crippen LogP contribution in [0.1, 0.15) is 234 Å². The molecule has 750 valence electrons. The number of nitrogens with two attached hydrogens (primary N) is 1. The number of aliphatic hydroxyl groups excluding tert-OH is 1. The number of quaternary nitrogens is 5. The average molecular weight is 2160 g/mol. The van der Waals surface area contributed by atoms with Crippen LogP contribution in [0, 0.1) is 57.2 Å². The van der Waals surface area contributed by atoms with Gasteiger partial charge in [0.25, 0.3) is 0 Å². The molecule has 0 radical (unpaired) electrons. The molecule has 2 aromatic carbocycles. The first kappa shape index (κ1) is 138. The molecule has 0 spiro atoms. The van der Waals surface area contributed by atoms with Gasteiger partial charge in [-0.25, -0.2) is 0 Å². The van der Waals surface area contributed by atoms with Crippen molar-refractivity contribution in [3.63, 3.8) is 0 Å². The number of carbonyl (C=O) groups excluding carboxylic acids is 9. The van der Waals surface area contributed by atoms with Crippen LogP contribution in [0.25, 0.3) is 0 Å². The summed E-state index contributed by atoms with van der Waals surface area (Å²) in [5.74, 6) is -6.14. The molecule has 33 heteroatoms. The van der Waals surface area contributed by atoms with Crippen molar-refractivity contribution in [3.05, 3.63) is 71.8 Å². The lowest BCUT2D eigenvalue weighted by Crippen LogP contribution is -2.55. The quantitative estimate of drug-likeness (QED) is 0.0185. The van der Waals surface area contributed by atoms with E-state index in [1.807, 2.05) is 180 Å². The zero-order valence-corrected chi connectivity index (χ0v) is 94.0. The Kier molecular flexibility index (Phi) is 67.5. The minimum atomic E-state index is -0.949. The van der Waals surface area contributed by atoms with Crippen LogP contribution in [0.15, 0.2) is 60.7 Å². The number of rotatable bonds is 35. The molecular formula is C95H179Br5N7O21+5. The number of esters is 8. The molecule has 0 aliphatic heterocycles. The van der Waals surface area contributed by atoms with Crippen LogP contribution in [0.5, 0.6) is 0 Å². The highest BCUT2D eigenvalue weighted by Crippen LogP contribution is 2.51. The molecule has 0 saturated heterocycles. The fourth-order valence-electron chi connectivity index (χ4n) is 15.6. The van der Waals surface area contributed by atoms with Gasteiger partial charge in [0.05, 0.1) is 173 Å². The first-order valence-electron chi connectivity index (χ1n) is 43.5. The monoisotopic (exact) mass is 2150 g/mol. The summed E-state index contributed by atoms with van der Waals surface area (Å²) < 4.78 is 39.3. The predicted molar refractivity (Wildman–Crippen MR) is 535 cm³/mol. The van der Waals surface area contributed by atoms with Gasteiger partial charge in [-0.3, -0.25) is 52.7 Å². The maximum Gasteiger partial charge on any atom is 0.316 e. The zero-order chi connectivity index (χ0) is 96.8. The van der Waals surface area contributed by atoms with Gasteiger partial charge in [-0.05, 0) is 85.2 Å². The van der Waals surface area contributed by atoms with Crippen molar-refractivity contribution >= 4 is 151 Å². The van der Waals surface area contributed by atoms with E-state index in [0.717, 1.165) is 43.2 Å². The van der Waals surface area contributed by atoms with E-state index < -0.39 is 54.4 Å². The standard InChI is InChI=1S/C22H42N2O3.C18H28NO4.C14H22NO3.2C11H21NO4.C11H23N.C8H14O3.5BrH/c1-16(2)19(26)27-17(12-24(8,9)10)11-18(25)23-22(7)14-20(3,4)13-21(5,6)15-22;1-14(2)18(21)23-16(12-19(3,4)5)11-17(20)22-13-15-9-7-6-8-10-15;1-15(2,3)10-13(16)9-14(17)18-11-12-7-5-4-6-8-12;2*1-8(2)11(15)16-9(6-10(13)14)7-12(3,4)5;1-9(2)6-10(3,4)8-11(5,12)7-9;1-5(2)7(9)11-8(10)6(3)4;;;;;/h16-17H,11-15H2,1-10H3;6-10,14,16H,11-13H2,1-5H3;4-8,13,16H,9-11H2,1-3H3;2*8-9H,6-7H2,1-5H3;6-8,12H2,1-5H3;5-6H,1-4H3;5*1H/q;2*+1;;;;;;;;;/p+3/t17-;16-;13-;2*9-;;;;;;;/m11111......./s1. The molecule has 128 heavy (non-hydrogen) atoms. The second kappa shape index (κ2) is 62.5. The molecule has 0 unspecified atom stereocenters. The van der Waals surface area contributed by atoms with Crippen LogP contribution in [-0.2, 0) is 99.1 Å². The number of nitrogens with one attached hydrogen (secondary N) is 1. The molecule has 2 aliphatic rings. The number of carboxylic acid groups (broad SMARTS) is 2. The number of hydrogen-bond donors (Lipinski definition) is 5. The largest absolute Gasteiger partial charge is 0.481 e. The summed E-state index contributed by atoms with van der Waals surface area (Å²) in [6.07, 6.45) is 4.05. The highest BCUT2D eigenvalue weighted by Gasteiger charge is 2.47. The van der Waals surface area contributed by atoms with Crippen molar-refractivity contribution in [1.82, 2.24) is 5.32 Å². The highest BCUT2D eigenvalue weighted by atomic mass is 79.9. The number of aliphatic hydroxyl groups is 1. The van der Waals surface area contributed by atoms with Crippen LogP contribution in [-0.4, -0.2) is 283 Å². The van der Waals surface area contributed by atoms with E-state index in [9.17, 15) is 57.8 Å². The van der Waals surface area contributed by atoms with Gasteiger partial charge in [-0.15, -0.1) is 84.9 Å². The fraction of sp³-hybridized carbons (Fsp3) is 0.758. The number of benzene rings is 2. The normalized spacial score (nSPS) is 16.1. The number of nitrogens with zero attached hydrogens (tertiary/aromatic N) is 5. The van der Waals surface area contributed by atoms with Crippen LogP contribution >= 0.6 is 84.9 Å². The van der Waals surface area contributed by atoms with E-state index in [0.29, 0.717) is 66.0 Å². The van der Waals surface area contributed by atoms with E-state index in [-0.39, 0.29) is 229 Å². The van der Waals surface area contributed by atoms with E-state index in [1.54, 1.807) is 69.2 Å². The van der Waals surface area contributed by atoms with Crippen molar-refractivity contribution in [2.24, 2.45) is 62.9 Å². The Morgan fingerprint density at radius 3 is 0.812 bits per heavy atom. The van der Waals surface area contributed by atoms with E-state index in [1.165, 1.54) is 6.42 Å². The molecule has 0 heterocycles. The molecular weight excluding hydrogens is 1970 g/mol. The van der Waals surface area contributed by atoms with Crippen molar-refractivity contribution in [1.29, 1.82) is 0 Å². The summed E-state index contributed by atoms with van der Waals surface area (Å²) in [4.78, 5) is 126. The Morgan fingerprint density at radius 2 is 0.578 bits per heavy atom. The van der Waals surface area contributed by atoms with Crippen molar-refractivity contribution in [3.8, 4) is 0 Å². The predicted octanol–water partition coefficient (Wildman–Crippen LogP) is 16.0. The van der Waals surface area contributed by atoms with Gasteiger partial charge in [-0.2, -0.15) is 0 Å². The van der Waals surface area contributed by atoms with Gasteiger partial charge >= 0.3 is 59.7 Å². The Bertz CT molecular complexity index is 3410. The lowest BCUT2D eigenvalue weighted by atomic mass is 9.59. The van der Waals surface area contributed by atoms with Gasteiger partial charge in [-0.1, -0.05) is 199 Å². The Balaban J connectivity index is -0.000000221. The number of ether oxygens (including phenoxy) is 7. The lowest BCUT2D eigenvalue weighted by Gasteiger charge is -2.51. The summed E-state index contributed by atoms with van der Waals surface area (Å²) in [7, 11) is 29.6. The number of likely N-dealkylation sites (N-methyl/N-ethyl adjacent to an activating group) is 5. The second-order valence-corrected chi connectivity index (χ2v) is 44.5. The van der Waals surface area contributed by atoms with Crippen LogP contribution in [0.2, 0.25) is 0 Å². The molecule has 1 amide bonds. The van der Waals surface area contributed by atoms with Gasteiger partial charge in [0.1, 0.15) is 52.0 Å². The number of hydrogen-bond acceptors (Lipinski definition) is 20. The van der Waals surface area contributed by atoms with Crippen molar-refractivity contribution in [2.45, 2.75) is 278 Å². The van der Waals surface area contributed by atoms with Gasteiger partial charge in [0.15, 0.2) is 24.4 Å². The molecule has 0 bridgehead atoms. The first-order chi connectivity index (χ1) is 55.3. The Hall–Kier alpha value is -5.07. The van der Waals surface area contributed by atoms with E-state index in [4.69, 9.17) is 44.4 Å². The summed E-state index contributed by atoms with van der Waals surface area (Å²) in [6.45, 7) is 46.8. The molecule has 2 fully saturated rings. The van der Waals surface area contributed by atoms with Gasteiger partial charge in [0.2, 0.25) is 5.91 Å².